The predicted molar refractivity (Wildman–Crippen MR) is 188 cm³/mol. The van der Waals surface area contributed by atoms with E-state index in [1.165, 1.54) is 49.0 Å². The molecule has 0 aliphatic rings. The molecule has 4 amide bonds. The zero-order valence-corrected chi connectivity index (χ0v) is 26.6. The molecule has 4 N–H and O–H groups in total. The molecule has 8 nitrogen and oxygen atoms in total. The third kappa shape index (κ3) is 9.51. The van der Waals surface area contributed by atoms with Crippen molar-refractivity contribution in [3.05, 3.63) is 162 Å². The summed E-state index contributed by atoms with van der Waals surface area (Å²) in [6, 6.07) is 37.2. The molecule has 0 saturated carbocycles. The van der Waals surface area contributed by atoms with E-state index in [4.69, 9.17) is 0 Å². The Kier molecular flexibility index (Phi) is 11.1. The summed E-state index contributed by atoms with van der Waals surface area (Å²) in [5, 5.41) is 10.5. The Morgan fingerprint density at radius 1 is 0.646 bits per heavy atom. The number of halogens is 1. The van der Waals surface area contributed by atoms with Crippen LogP contribution in [0.15, 0.2) is 144 Å². The third-order valence-electron chi connectivity index (χ3n) is 6.89. The molecule has 240 valence electrons. The fourth-order valence-electron chi connectivity index (χ4n) is 4.57. The lowest BCUT2D eigenvalue weighted by atomic mass is 10.1. The van der Waals surface area contributed by atoms with E-state index in [-0.39, 0.29) is 17.5 Å². The van der Waals surface area contributed by atoms with Gasteiger partial charge in [-0.05, 0) is 90.0 Å². The van der Waals surface area contributed by atoms with Crippen molar-refractivity contribution in [3.8, 4) is 0 Å². The van der Waals surface area contributed by atoms with Gasteiger partial charge in [-0.15, -0.1) is 11.8 Å². The minimum Gasteiger partial charge on any atom is -0.326 e. The fourth-order valence-corrected chi connectivity index (χ4v) is 5.59. The number of carbonyl (C=O) groups excluding carboxylic acids is 4. The van der Waals surface area contributed by atoms with Crippen molar-refractivity contribution in [3.63, 3.8) is 0 Å². The summed E-state index contributed by atoms with van der Waals surface area (Å²) in [4.78, 5) is 51.9. The molecule has 5 aromatic carbocycles. The monoisotopic (exact) mass is 658 g/mol. The van der Waals surface area contributed by atoms with Crippen molar-refractivity contribution >= 4 is 58.5 Å². The van der Waals surface area contributed by atoms with Crippen LogP contribution < -0.4 is 21.3 Å². The first kappa shape index (κ1) is 33.4. The number of anilines is 3. The number of hydrogen-bond acceptors (Lipinski definition) is 5. The minimum atomic E-state index is -0.597. The molecular weight excluding hydrogens is 628 g/mol. The smallest absolute Gasteiger partial charge is 0.272 e. The maximum Gasteiger partial charge on any atom is 0.272 e. The van der Waals surface area contributed by atoms with Gasteiger partial charge in [-0.3, -0.25) is 19.2 Å². The molecule has 0 aliphatic heterocycles. The summed E-state index contributed by atoms with van der Waals surface area (Å²) < 4.78 is 13.5. The first-order valence-electron chi connectivity index (χ1n) is 14.9. The van der Waals surface area contributed by atoms with Crippen molar-refractivity contribution in [2.45, 2.75) is 17.1 Å². The Hall–Kier alpha value is -6.00. The van der Waals surface area contributed by atoms with Gasteiger partial charge in [-0.2, -0.15) is 0 Å². The second-order valence-electron chi connectivity index (χ2n) is 10.6. The Morgan fingerprint density at radius 3 is 1.79 bits per heavy atom. The highest BCUT2D eigenvalue weighted by molar-refractivity contribution is 8.00. The second kappa shape index (κ2) is 16.0. The van der Waals surface area contributed by atoms with Gasteiger partial charge < -0.3 is 21.3 Å². The van der Waals surface area contributed by atoms with Crippen LogP contribution in [0.3, 0.4) is 0 Å². The van der Waals surface area contributed by atoms with Gasteiger partial charge in [0.25, 0.3) is 11.8 Å². The molecule has 0 aliphatic carbocycles. The van der Waals surface area contributed by atoms with E-state index in [1.807, 2.05) is 30.3 Å². The standard InChI is InChI=1S/C38H31FN4O4S/c1-25(44)40-30-16-18-31(19-17-30)42-38(47)35(27-8-4-2-5-9-27)48-33-22-20-32(21-23-33)41-37(46)34(24-26-12-14-29(39)15-13-26)43-36(45)28-10-6-3-7-11-28/h2-24,35H,1H3,(H,40,44)(H,41,46)(H,42,47)(H,43,45)/b34-24-. The number of nitrogens with one attached hydrogen (secondary N) is 4. The van der Waals surface area contributed by atoms with Crippen LogP contribution in [-0.2, 0) is 14.4 Å². The molecule has 0 spiro atoms. The summed E-state index contributed by atoms with van der Waals surface area (Å²) in [7, 11) is 0. The number of thioether (sulfide) groups is 1. The van der Waals surface area contributed by atoms with Crippen LogP contribution in [0.25, 0.3) is 6.08 Å². The Morgan fingerprint density at radius 2 is 1.19 bits per heavy atom. The van der Waals surface area contributed by atoms with Crippen LogP contribution in [0.2, 0.25) is 0 Å². The number of rotatable bonds is 11. The van der Waals surface area contributed by atoms with Gasteiger partial charge in [0.15, 0.2) is 0 Å². The van der Waals surface area contributed by atoms with Gasteiger partial charge in [0.1, 0.15) is 16.8 Å². The average molecular weight is 659 g/mol. The molecule has 0 radical (unpaired) electrons. The van der Waals surface area contributed by atoms with Crippen molar-refractivity contribution in [1.29, 1.82) is 0 Å². The zero-order valence-electron chi connectivity index (χ0n) is 25.8. The van der Waals surface area contributed by atoms with Gasteiger partial charge >= 0.3 is 0 Å². The first-order valence-corrected chi connectivity index (χ1v) is 15.8. The molecule has 0 heterocycles. The molecule has 0 aromatic heterocycles. The van der Waals surface area contributed by atoms with Gasteiger partial charge in [0.2, 0.25) is 11.8 Å². The van der Waals surface area contributed by atoms with E-state index in [0.29, 0.717) is 28.2 Å². The number of benzene rings is 5. The maximum absolute atomic E-state index is 13.5. The zero-order chi connectivity index (χ0) is 33.9. The van der Waals surface area contributed by atoms with E-state index in [9.17, 15) is 23.6 Å². The fraction of sp³-hybridized carbons (Fsp3) is 0.0526. The van der Waals surface area contributed by atoms with Crippen LogP contribution in [0.4, 0.5) is 21.5 Å². The molecular formula is C38H31FN4O4S. The molecule has 1 unspecified atom stereocenters. The summed E-state index contributed by atoms with van der Waals surface area (Å²) >= 11 is 1.34. The summed E-state index contributed by atoms with van der Waals surface area (Å²) in [5.41, 5.74) is 3.34. The van der Waals surface area contributed by atoms with E-state index >= 15 is 0 Å². The van der Waals surface area contributed by atoms with E-state index in [2.05, 4.69) is 21.3 Å². The van der Waals surface area contributed by atoms with Crippen LogP contribution in [0.5, 0.6) is 0 Å². The first-order chi connectivity index (χ1) is 23.2. The second-order valence-corrected chi connectivity index (χ2v) is 11.7. The van der Waals surface area contributed by atoms with E-state index < -0.39 is 22.9 Å². The van der Waals surface area contributed by atoms with Crippen molar-refractivity contribution in [2.24, 2.45) is 0 Å². The van der Waals surface area contributed by atoms with Gasteiger partial charge in [0.05, 0.1) is 0 Å². The molecule has 5 aromatic rings. The van der Waals surface area contributed by atoms with Gasteiger partial charge in [-0.25, -0.2) is 4.39 Å². The van der Waals surface area contributed by atoms with Gasteiger partial charge in [-0.1, -0.05) is 60.7 Å². The quantitative estimate of drug-likeness (QED) is 0.0859. The number of carbonyl (C=O) groups is 4. The number of hydrogen-bond donors (Lipinski definition) is 4. The molecule has 0 saturated heterocycles. The lowest BCUT2D eigenvalue weighted by molar-refractivity contribution is -0.116. The summed E-state index contributed by atoms with van der Waals surface area (Å²) in [5.74, 6) is -1.89. The van der Waals surface area contributed by atoms with Crippen molar-refractivity contribution in [2.75, 3.05) is 16.0 Å². The Balaban J connectivity index is 1.30. The lowest BCUT2D eigenvalue weighted by Crippen LogP contribution is -2.30. The van der Waals surface area contributed by atoms with Gasteiger partial charge in [0, 0.05) is 34.4 Å². The molecule has 48 heavy (non-hydrogen) atoms. The molecule has 0 fully saturated rings. The minimum absolute atomic E-state index is 0.0279. The highest BCUT2D eigenvalue weighted by Crippen LogP contribution is 2.37. The Labute approximate surface area is 281 Å². The lowest BCUT2D eigenvalue weighted by Gasteiger charge is -2.18. The largest absolute Gasteiger partial charge is 0.326 e. The maximum atomic E-state index is 13.5. The van der Waals surface area contributed by atoms with Crippen LogP contribution in [0, 0.1) is 5.82 Å². The van der Waals surface area contributed by atoms with E-state index in [1.54, 1.807) is 78.9 Å². The summed E-state index contributed by atoms with van der Waals surface area (Å²) in [6.07, 6.45) is 1.47. The normalized spacial score (nSPS) is 11.6. The number of amides is 4. The van der Waals surface area contributed by atoms with Crippen LogP contribution in [0.1, 0.15) is 33.7 Å². The third-order valence-corrected chi connectivity index (χ3v) is 8.16. The molecule has 0 bridgehead atoms. The topological polar surface area (TPSA) is 116 Å². The van der Waals surface area contributed by atoms with Crippen molar-refractivity contribution in [1.82, 2.24) is 5.32 Å². The highest BCUT2D eigenvalue weighted by atomic mass is 32.2. The SMILES string of the molecule is CC(=O)Nc1ccc(NC(=O)C(Sc2ccc(NC(=O)/C(=C/c3ccc(F)cc3)NC(=O)c3ccccc3)cc2)c2ccccc2)cc1. The van der Waals surface area contributed by atoms with Crippen LogP contribution in [-0.4, -0.2) is 23.6 Å². The predicted octanol–water partition coefficient (Wildman–Crippen LogP) is 7.67. The molecule has 1 atom stereocenters. The average Bonchev–Trinajstić information content (AvgIpc) is 3.10. The molecule has 10 heteroatoms. The van der Waals surface area contributed by atoms with Crippen molar-refractivity contribution < 1.29 is 23.6 Å². The Bertz CT molecular complexity index is 1920. The summed E-state index contributed by atoms with van der Waals surface area (Å²) in [6.45, 7) is 1.43. The molecule has 5 rings (SSSR count). The van der Waals surface area contributed by atoms with E-state index in [0.717, 1.165) is 10.5 Å². The van der Waals surface area contributed by atoms with Crippen LogP contribution >= 0.6 is 11.8 Å². The highest BCUT2D eigenvalue weighted by Gasteiger charge is 2.23.